The molecule has 0 fully saturated rings. The molecular weight excluding hydrogens is 342 g/mol. The number of primary sulfonamides is 1. The molecule has 0 aliphatic rings. The van der Waals surface area contributed by atoms with E-state index in [-0.39, 0.29) is 23.7 Å². The average Bonchev–Trinajstić information content (AvgIpc) is 2.51. The quantitative estimate of drug-likeness (QED) is 0.633. The minimum Gasteiger partial charge on any atom is -0.490 e. The molecule has 0 radical (unpaired) electrons. The lowest BCUT2D eigenvalue weighted by Crippen LogP contribution is -2.13. The Morgan fingerprint density at radius 1 is 1.04 bits per heavy atom. The fourth-order valence-corrected chi connectivity index (χ4v) is 2.45. The van der Waals surface area contributed by atoms with Crippen molar-refractivity contribution in [2.45, 2.75) is 4.90 Å². The predicted molar refractivity (Wildman–Crippen MR) is 85.0 cm³/mol. The molecule has 122 valence electrons. The lowest BCUT2D eigenvalue weighted by atomic mass is 10.2. The minimum atomic E-state index is -3.73. The van der Waals surface area contributed by atoms with Crippen LogP contribution in [-0.2, 0) is 14.8 Å². The molecule has 0 spiro atoms. The van der Waals surface area contributed by atoms with Gasteiger partial charge in [-0.25, -0.2) is 18.4 Å². The van der Waals surface area contributed by atoms with Crippen molar-refractivity contribution in [2.24, 2.45) is 5.14 Å². The molecule has 23 heavy (non-hydrogen) atoms. The third kappa shape index (κ3) is 4.95. The van der Waals surface area contributed by atoms with Gasteiger partial charge in [-0.2, -0.15) is 0 Å². The Bertz CT molecular complexity index is 790. The highest BCUT2D eigenvalue weighted by Crippen LogP contribution is 2.16. The molecule has 2 aromatic rings. The summed E-state index contributed by atoms with van der Waals surface area (Å²) in [5.74, 6) is -0.102. The summed E-state index contributed by atoms with van der Waals surface area (Å²) in [6.07, 6.45) is 0. The third-order valence-electron chi connectivity index (χ3n) is 2.83. The molecule has 0 amide bonds. The third-order valence-corrected chi connectivity index (χ3v) is 4.09. The predicted octanol–water partition coefficient (Wildman–Crippen LogP) is 2.22. The van der Waals surface area contributed by atoms with E-state index in [1.54, 1.807) is 24.3 Å². The van der Waals surface area contributed by atoms with E-state index in [0.717, 1.165) is 0 Å². The van der Waals surface area contributed by atoms with Crippen molar-refractivity contribution in [1.29, 1.82) is 0 Å². The molecular formula is C15H14ClNO5S. The molecule has 8 heteroatoms. The van der Waals surface area contributed by atoms with Crippen LogP contribution >= 0.6 is 11.6 Å². The summed E-state index contributed by atoms with van der Waals surface area (Å²) in [7, 11) is -3.73. The van der Waals surface area contributed by atoms with Gasteiger partial charge in [0.25, 0.3) is 0 Å². The maximum atomic E-state index is 11.8. The highest BCUT2D eigenvalue weighted by Gasteiger charge is 2.11. The Morgan fingerprint density at radius 3 is 2.30 bits per heavy atom. The second-order valence-electron chi connectivity index (χ2n) is 4.48. The maximum Gasteiger partial charge on any atom is 0.339 e. The molecule has 6 nitrogen and oxygen atoms in total. The number of nitrogens with two attached hydrogens (primary N) is 1. The number of hydrogen-bond acceptors (Lipinski definition) is 5. The number of ether oxygens (including phenoxy) is 2. The van der Waals surface area contributed by atoms with E-state index in [1.807, 2.05) is 0 Å². The fraction of sp³-hybridized carbons (Fsp3) is 0.133. The van der Waals surface area contributed by atoms with E-state index in [4.69, 9.17) is 26.2 Å². The Morgan fingerprint density at radius 2 is 1.70 bits per heavy atom. The molecule has 0 unspecified atom stereocenters. The Hall–Kier alpha value is -2.09. The van der Waals surface area contributed by atoms with Gasteiger partial charge in [-0.05, 0) is 36.4 Å². The zero-order valence-corrected chi connectivity index (χ0v) is 13.5. The highest BCUT2D eigenvalue weighted by molar-refractivity contribution is 7.89. The number of halogens is 1. The van der Waals surface area contributed by atoms with Crippen molar-refractivity contribution >= 4 is 27.6 Å². The van der Waals surface area contributed by atoms with Crippen molar-refractivity contribution in [2.75, 3.05) is 13.2 Å². The largest absolute Gasteiger partial charge is 0.490 e. The summed E-state index contributed by atoms with van der Waals surface area (Å²) in [5, 5.41) is 5.31. The second kappa shape index (κ2) is 7.45. The van der Waals surface area contributed by atoms with Crippen LogP contribution in [0.4, 0.5) is 0 Å². The molecule has 2 aromatic carbocycles. The molecule has 0 bridgehead atoms. The normalized spacial score (nSPS) is 11.0. The number of hydrogen-bond donors (Lipinski definition) is 1. The lowest BCUT2D eigenvalue weighted by Gasteiger charge is -2.08. The minimum absolute atomic E-state index is 0.00463. The number of carbonyl (C=O) groups is 1. The van der Waals surface area contributed by atoms with Gasteiger partial charge in [0.2, 0.25) is 10.0 Å². The Balaban J connectivity index is 1.82. The van der Waals surface area contributed by atoms with E-state index < -0.39 is 16.0 Å². The van der Waals surface area contributed by atoms with E-state index in [1.165, 1.54) is 24.3 Å². The van der Waals surface area contributed by atoms with E-state index in [2.05, 4.69) is 0 Å². The first-order valence-electron chi connectivity index (χ1n) is 6.55. The van der Waals surface area contributed by atoms with Crippen molar-refractivity contribution in [3.8, 4) is 5.75 Å². The van der Waals surface area contributed by atoms with Gasteiger partial charge in [0, 0.05) is 0 Å². The van der Waals surface area contributed by atoms with Gasteiger partial charge in [0.15, 0.2) is 0 Å². The van der Waals surface area contributed by atoms with Crippen molar-refractivity contribution in [1.82, 2.24) is 0 Å². The number of benzene rings is 2. The molecule has 0 atom stereocenters. The van der Waals surface area contributed by atoms with Gasteiger partial charge >= 0.3 is 5.97 Å². The van der Waals surface area contributed by atoms with Gasteiger partial charge < -0.3 is 9.47 Å². The van der Waals surface area contributed by atoms with E-state index >= 15 is 0 Å². The zero-order valence-electron chi connectivity index (χ0n) is 11.9. The van der Waals surface area contributed by atoms with Gasteiger partial charge in [-0.3, -0.25) is 0 Å². The topological polar surface area (TPSA) is 95.7 Å². The number of rotatable bonds is 6. The summed E-state index contributed by atoms with van der Waals surface area (Å²) in [6.45, 7) is 0.145. The van der Waals surface area contributed by atoms with Crippen LogP contribution in [0.5, 0.6) is 5.75 Å². The molecule has 0 aliphatic carbocycles. The van der Waals surface area contributed by atoms with Crippen LogP contribution in [0.15, 0.2) is 53.4 Å². The van der Waals surface area contributed by atoms with Gasteiger partial charge in [0.05, 0.1) is 15.5 Å². The smallest absolute Gasteiger partial charge is 0.339 e. The van der Waals surface area contributed by atoms with Crippen molar-refractivity contribution in [3.05, 3.63) is 59.1 Å². The van der Waals surface area contributed by atoms with E-state index in [9.17, 15) is 13.2 Å². The van der Waals surface area contributed by atoms with Crippen molar-refractivity contribution in [3.63, 3.8) is 0 Å². The van der Waals surface area contributed by atoms with E-state index in [0.29, 0.717) is 10.8 Å². The van der Waals surface area contributed by atoms with Gasteiger partial charge in [0.1, 0.15) is 19.0 Å². The first kappa shape index (κ1) is 17.3. The summed E-state index contributed by atoms with van der Waals surface area (Å²) in [4.78, 5) is 11.8. The zero-order chi connectivity index (χ0) is 16.9. The monoisotopic (exact) mass is 355 g/mol. The summed E-state index contributed by atoms with van der Waals surface area (Å²) in [6, 6.07) is 12.2. The first-order valence-corrected chi connectivity index (χ1v) is 8.47. The number of sulfonamides is 1. The number of esters is 1. The molecule has 2 N–H and O–H groups in total. The van der Waals surface area contributed by atoms with Gasteiger partial charge in [-0.15, -0.1) is 0 Å². The van der Waals surface area contributed by atoms with Crippen LogP contribution in [0.25, 0.3) is 0 Å². The van der Waals surface area contributed by atoms with Crippen LogP contribution in [0.3, 0.4) is 0 Å². The van der Waals surface area contributed by atoms with Crippen LogP contribution in [-0.4, -0.2) is 27.6 Å². The van der Waals surface area contributed by atoms with Crippen LogP contribution in [0.1, 0.15) is 10.4 Å². The average molecular weight is 356 g/mol. The van der Waals surface area contributed by atoms with Crippen molar-refractivity contribution < 1.29 is 22.7 Å². The van der Waals surface area contributed by atoms with Crippen LogP contribution in [0.2, 0.25) is 5.02 Å². The highest BCUT2D eigenvalue weighted by atomic mass is 35.5. The fourth-order valence-electron chi connectivity index (χ4n) is 1.72. The molecule has 0 aromatic heterocycles. The molecule has 0 saturated heterocycles. The molecule has 0 saturated carbocycles. The van der Waals surface area contributed by atoms with Crippen LogP contribution in [0, 0.1) is 0 Å². The van der Waals surface area contributed by atoms with Crippen LogP contribution < -0.4 is 9.88 Å². The summed E-state index contributed by atoms with van der Waals surface area (Å²) >= 11 is 5.89. The Labute approximate surface area is 138 Å². The SMILES string of the molecule is NS(=O)(=O)c1ccc(OCCOC(=O)c2ccccc2Cl)cc1. The lowest BCUT2D eigenvalue weighted by molar-refractivity contribution is 0.0450. The Kier molecular flexibility index (Phi) is 5.59. The van der Waals surface area contributed by atoms with Gasteiger partial charge in [-0.1, -0.05) is 23.7 Å². The summed E-state index contributed by atoms with van der Waals surface area (Å²) < 4.78 is 32.6. The molecule has 0 aliphatic heterocycles. The molecule has 0 heterocycles. The summed E-state index contributed by atoms with van der Waals surface area (Å²) in [5.41, 5.74) is 0.284. The first-order chi connectivity index (χ1) is 10.9. The number of carbonyl (C=O) groups excluding carboxylic acids is 1. The maximum absolute atomic E-state index is 11.8. The second-order valence-corrected chi connectivity index (χ2v) is 6.45. The standard InChI is InChI=1S/C15H14ClNO5S/c16-14-4-2-1-3-13(14)15(18)22-10-9-21-11-5-7-12(8-6-11)23(17,19)20/h1-8H,9-10H2,(H2,17,19,20). The molecule has 2 rings (SSSR count).